The van der Waals surface area contributed by atoms with E-state index in [0.29, 0.717) is 0 Å². The van der Waals surface area contributed by atoms with E-state index in [4.69, 9.17) is 5.73 Å². The average Bonchev–Trinajstić information content (AvgIpc) is 2.60. The van der Waals surface area contributed by atoms with Crippen LogP contribution in [0.25, 0.3) is 11.3 Å². The molecule has 2 aromatic rings. The first-order valence-corrected chi connectivity index (χ1v) is 4.89. The maximum Gasteiger partial charge on any atom is 0.468 e. The number of hydrogen-bond acceptors (Lipinski definition) is 3. The zero-order valence-electron chi connectivity index (χ0n) is 9.18. The molecule has 18 heavy (non-hydrogen) atoms. The summed E-state index contributed by atoms with van der Waals surface area (Å²) in [5, 5.41) is 0. The second-order valence-corrected chi connectivity index (χ2v) is 3.66. The fourth-order valence-electron chi connectivity index (χ4n) is 1.49. The monoisotopic (exact) mass is 260 g/mol. The second kappa shape index (κ2) is 4.01. The van der Waals surface area contributed by atoms with Crippen molar-refractivity contribution in [1.82, 2.24) is 4.98 Å². The molecule has 0 aliphatic rings. The molecule has 0 saturated heterocycles. The number of rotatable bonds is 1. The van der Waals surface area contributed by atoms with Crippen molar-refractivity contribution in [3.63, 3.8) is 0 Å². The number of aryl methyl sites for hydroxylation is 1. The van der Waals surface area contributed by atoms with Gasteiger partial charge < -0.3 is 10.2 Å². The summed E-state index contributed by atoms with van der Waals surface area (Å²) in [7, 11) is 0. The Labute approximate surface area is 99.2 Å². The second-order valence-electron chi connectivity index (χ2n) is 3.66. The molecule has 96 valence electrons. The Morgan fingerprint density at radius 3 is 2.44 bits per heavy atom. The van der Waals surface area contributed by atoms with Crippen LogP contribution in [-0.4, -0.2) is 4.98 Å². The number of nitrogens with two attached hydrogens (primary N) is 1. The average molecular weight is 260 g/mol. The van der Waals surface area contributed by atoms with Gasteiger partial charge in [-0.15, -0.1) is 0 Å². The quantitative estimate of drug-likeness (QED) is 0.631. The van der Waals surface area contributed by atoms with Crippen LogP contribution < -0.4 is 5.73 Å². The lowest BCUT2D eigenvalue weighted by Gasteiger charge is -2.01. The van der Waals surface area contributed by atoms with E-state index in [9.17, 15) is 17.6 Å². The Balaban J connectivity index is 2.55. The SMILES string of the molecule is Cc1oc(C(F)(F)F)nc1-c1ccc(N)cc1F. The lowest BCUT2D eigenvalue weighted by atomic mass is 10.1. The third kappa shape index (κ3) is 2.15. The molecule has 0 aliphatic heterocycles. The minimum absolute atomic E-state index is 0.0825. The van der Waals surface area contributed by atoms with Crippen LogP contribution in [0.2, 0.25) is 0 Å². The van der Waals surface area contributed by atoms with Gasteiger partial charge in [-0.1, -0.05) is 0 Å². The van der Waals surface area contributed by atoms with Crippen LogP contribution in [0.15, 0.2) is 22.6 Å². The van der Waals surface area contributed by atoms with Gasteiger partial charge in [0.2, 0.25) is 0 Å². The van der Waals surface area contributed by atoms with Gasteiger partial charge in [0.05, 0.1) is 0 Å². The number of hydrogen-bond donors (Lipinski definition) is 1. The van der Waals surface area contributed by atoms with Gasteiger partial charge in [-0.3, -0.25) is 0 Å². The van der Waals surface area contributed by atoms with Gasteiger partial charge in [0.1, 0.15) is 17.3 Å². The molecule has 0 amide bonds. The summed E-state index contributed by atoms with van der Waals surface area (Å²) in [6.45, 7) is 1.29. The van der Waals surface area contributed by atoms with Crippen molar-refractivity contribution in [3.8, 4) is 11.3 Å². The minimum atomic E-state index is -4.70. The Kier molecular flexibility index (Phi) is 2.76. The fourth-order valence-corrected chi connectivity index (χ4v) is 1.49. The van der Waals surface area contributed by atoms with E-state index in [2.05, 4.69) is 9.40 Å². The van der Waals surface area contributed by atoms with Gasteiger partial charge in [0.25, 0.3) is 0 Å². The predicted octanol–water partition coefficient (Wildman–Crippen LogP) is 3.39. The minimum Gasteiger partial charge on any atom is -0.438 e. The van der Waals surface area contributed by atoms with Crippen molar-refractivity contribution in [2.45, 2.75) is 13.1 Å². The molecule has 0 bridgehead atoms. The van der Waals surface area contributed by atoms with Crippen LogP contribution in [0, 0.1) is 12.7 Å². The zero-order chi connectivity index (χ0) is 13.5. The molecule has 1 aromatic heterocycles. The highest BCUT2D eigenvalue weighted by Gasteiger charge is 2.38. The van der Waals surface area contributed by atoms with Crippen molar-refractivity contribution in [2.75, 3.05) is 5.73 Å². The molecule has 0 radical (unpaired) electrons. The standard InChI is InChI=1S/C11H8F4N2O/c1-5-9(17-10(18-5)11(13,14)15)7-3-2-6(16)4-8(7)12/h2-4H,16H2,1H3. The fraction of sp³-hybridized carbons (Fsp3) is 0.182. The molecule has 0 saturated carbocycles. The van der Waals surface area contributed by atoms with Gasteiger partial charge in [-0.05, 0) is 25.1 Å². The van der Waals surface area contributed by atoms with Crippen molar-refractivity contribution in [2.24, 2.45) is 0 Å². The molecule has 0 spiro atoms. The molecule has 2 N–H and O–H groups in total. The van der Waals surface area contributed by atoms with Crippen LogP contribution in [-0.2, 0) is 6.18 Å². The number of anilines is 1. The van der Waals surface area contributed by atoms with Gasteiger partial charge in [0.15, 0.2) is 0 Å². The summed E-state index contributed by atoms with van der Waals surface area (Å²) >= 11 is 0. The molecule has 0 aliphatic carbocycles. The number of aromatic nitrogens is 1. The molecule has 1 aromatic carbocycles. The van der Waals surface area contributed by atoms with Crippen LogP contribution in [0.4, 0.5) is 23.2 Å². The van der Waals surface area contributed by atoms with E-state index in [1.165, 1.54) is 19.1 Å². The number of nitrogens with zero attached hydrogens (tertiary/aromatic N) is 1. The molecule has 0 unspecified atom stereocenters. The summed E-state index contributed by atoms with van der Waals surface area (Å²) in [5.74, 6) is -2.25. The Morgan fingerprint density at radius 1 is 1.28 bits per heavy atom. The summed E-state index contributed by atoms with van der Waals surface area (Å²) in [4.78, 5) is 3.27. The summed E-state index contributed by atoms with van der Waals surface area (Å²) in [6.07, 6.45) is -4.70. The predicted molar refractivity (Wildman–Crippen MR) is 56.0 cm³/mol. The van der Waals surface area contributed by atoms with Crippen molar-refractivity contribution < 1.29 is 22.0 Å². The highest BCUT2D eigenvalue weighted by molar-refractivity contribution is 5.64. The normalized spacial score (nSPS) is 11.8. The summed E-state index contributed by atoms with van der Waals surface area (Å²) < 4.78 is 55.2. The molecule has 0 fully saturated rings. The Morgan fingerprint density at radius 2 is 1.94 bits per heavy atom. The maximum absolute atomic E-state index is 13.6. The third-order valence-electron chi connectivity index (χ3n) is 2.29. The number of benzene rings is 1. The van der Waals surface area contributed by atoms with Crippen LogP contribution in [0.5, 0.6) is 0 Å². The highest BCUT2D eigenvalue weighted by atomic mass is 19.4. The van der Waals surface area contributed by atoms with Crippen LogP contribution in [0.1, 0.15) is 11.7 Å². The van der Waals surface area contributed by atoms with Crippen LogP contribution in [0.3, 0.4) is 0 Å². The van der Waals surface area contributed by atoms with Gasteiger partial charge in [-0.2, -0.15) is 13.2 Å². The van der Waals surface area contributed by atoms with Crippen molar-refractivity contribution >= 4 is 5.69 Å². The van der Waals surface area contributed by atoms with E-state index >= 15 is 0 Å². The van der Waals surface area contributed by atoms with E-state index in [0.717, 1.165) is 6.07 Å². The van der Waals surface area contributed by atoms with E-state index in [1.807, 2.05) is 0 Å². The smallest absolute Gasteiger partial charge is 0.438 e. The third-order valence-corrected chi connectivity index (χ3v) is 2.29. The maximum atomic E-state index is 13.6. The lowest BCUT2D eigenvalue weighted by molar-refractivity contribution is -0.157. The van der Waals surface area contributed by atoms with Gasteiger partial charge in [0, 0.05) is 11.3 Å². The van der Waals surface area contributed by atoms with Gasteiger partial charge in [-0.25, -0.2) is 9.37 Å². The Hall–Kier alpha value is -2.05. The number of nitrogen functional groups attached to an aromatic ring is 1. The molecule has 1 heterocycles. The largest absolute Gasteiger partial charge is 0.468 e. The molecular weight excluding hydrogens is 252 g/mol. The number of halogens is 4. The van der Waals surface area contributed by atoms with Crippen molar-refractivity contribution in [3.05, 3.63) is 35.7 Å². The first kappa shape index (κ1) is 12.4. The topological polar surface area (TPSA) is 52.0 Å². The number of oxazole rings is 1. The highest BCUT2D eigenvalue weighted by Crippen LogP contribution is 2.34. The first-order chi connectivity index (χ1) is 8.29. The molecule has 3 nitrogen and oxygen atoms in total. The summed E-state index contributed by atoms with van der Waals surface area (Å²) in [6, 6.07) is 3.65. The zero-order valence-corrected chi connectivity index (χ0v) is 9.18. The lowest BCUT2D eigenvalue weighted by Crippen LogP contribution is -2.04. The molecule has 2 rings (SSSR count). The van der Waals surface area contributed by atoms with E-state index in [-0.39, 0.29) is 22.7 Å². The summed E-state index contributed by atoms with van der Waals surface area (Å²) in [5.41, 5.74) is 5.27. The molecule has 7 heteroatoms. The molecule has 0 atom stereocenters. The van der Waals surface area contributed by atoms with Gasteiger partial charge >= 0.3 is 12.1 Å². The Bertz CT molecular complexity index is 589. The van der Waals surface area contributed by atoms with Crippen LogP contribution >= 0.6 is 0 Å². The molecular formula is C11H8F4N2O. The van der Waals surface area contributed by atoms with Crippen molar-refractivity contribution in [1.29, 1.82) is 0 Å². The number of alkyl halides is 3. The van der Waals surface area contributed by atoms with E-state index in [1.54, 1.807) is 0 Å². The van der Waals surface area contributed by atoms with E-state index < -0.39 is 17.9 Å². The first-order valence-electron chi connectivity index (χ1n) is 4.89.